The number of benzene rings is 1. The lowest BCUT2D eigenvalue weighted by Crippen LogP contribution is -2.13. The summed E-state index contributed by atoms with van der Waals surface area (Å²) in [5.41, 5.74) is 1.38. The van der Waals surface area contributed by atoms with Crippen LogP contribution in [0.2, 0.25) is 0 Å². The molecule has 116 valence electrons. The Balaban J connectivity index is 1.66. The van der Waals surface area contributed by atoms with Crippen molar-refractivity contribution in [3.05, 3.63) is 64.6 Å². The van der Waals surface area contributed by atoms with Crippen LogP contribution < -0.4 is 5.32 Å². The van der Waals surface area contributed by atoms with Crippen molar-refractivity contribution in [1.82, 2.24) is 9.78 Å². The number of amides is 1. The van der Waals surface area contributed by atoms with Crippen molar-refractivity contribution in [1.29, 1.82) is 0 Å². The molecule has 0 aliphatic carbocycles. The van der Waals surface area contributed by atoms with Gasteiger partial charge in [0.05, 0.1) is 12.1 Å². The molecule has 2 heterocycles. The van der Waals surface area contributed by atoms with Gasteiger partial charge in [-0.1, -0.05) is 6.07 Å². The zero-order chi connectivity index (χ0) is 16.2. The zero-order valence-corrected chi connectivity index (χ0v) is 12.8. The molecule has 0 spiro atoms. The van der Waals surface area contributed by atoms with Gasteiger partial charge in [-0.15, -0.1) is 11.3 Å². The molecule has 0 aliphatic rings. The van der Waals surface area contributed by atoms with E-state index in [0.717, 1.165) is 4.88 Å². The molecule has 6 nitrogen and oxygen atoms in total. The lowest BCUT2D eigenvalue weighted by Gasteiger charge is -2.06. The predicted octanol–water partition coefficient (Wildman–Crippen LogP) is 2.81. The number of thiophene rings is 1. The Morgan fingerprint density at radius 2 is 1.96 bits per heavy atom. The van der Waals surface area contributed by atoms with Crippen LogP contribution in [0, 0.1) is 0 Å². The third-order valence-corrected chi connectivity index (χ3v) is 4.02. The number of aromatic nitrogens is 2. The van der Waals surface area contributed by atoms with Crippen molar-refractivity contribution in [2.75, 3.05) is 5.32 Å². The Morgan fingerprint density at radius 1 is 1.17 bits per heavy atom. The maximum Gasteiger partial charge on any atom is 0.356 e. The Kier molecular flexibility index (Phi) is 4.20. The number of carbonyl (C=O) groups excluding carboxylic acids is 1. The molecule has 0 atom stereocenters. The second-order valence-corrected chi connectivity index (χ2v) is 5.83. The van der Waals surface area contributed by atoms with Crippen molar-refractivity contribution < 1.29 is 14.7 Å². The molecule has 0 saturated heterocycles. The molecule has 1 aromatic carbocycles. The summed E-state index contributed by atoms with van der Waals surface area (Å²) in [7, 11) is 0. The zero-order valence-electron chi connectivity index (χ0n) is 12.0. The smallest absolute Gasteiger partial charge is 0.356 e. The number of hydrogen-bond donors (Lipinski definition) is 2. The van der Waals surface area contributed by atoms with Gasteiger partial charge in [-0.25, -0.2) is 9.48 Å². The van der Waals surface area contributed by atoms with Crippen molar-refractivity contribution in [2.45, 2.75) is 6.42 Å². The predicted molar refractivity (Wildman–Crippen MR) is 87.2 cm³/mol. The van der Waals surface area contributed by atoms with E-state index in [9.17, 15) is 9.59 Å². The maximum absolute atomic E-state index is 11.9. The fourth-order valence-corrected chi connectivity index (χ4v) is 2.76. The van der Waals surface area contributed by atoms with E-state index >= 15 is 0 Å². The van der Waals surface area contributed by atoms with E-state index in [1.807, 2.05) is 17.5 Å². The van der Waals surface area contributed by atoms with Crippen LogP contribution >= 0.6 is 11.3 Å². The summed E-state index contributed by atoms with van der Waals surface area (Å²) in [4.78, 5) is 23.8. The Labute approximate surface area is 136 Å². The van der Waals surface area contributed by atoms with Crippen LogP contribution in [0.5, 0.6) is 0 Å². The van der Waals surface area contributed by atoms with E-state index in [-0.39, 0.29) is 11.6 Å². The van der Waals surface area contributed by atoms with Crippen LogP contribution in [0.25, 0.3) is 5.69 Å². The largest absolute Gasteiger partial charge is 0.476 e. The lowest BCUT2D eigenvalue weighted by atomic mass is 10.2. The van der Waals surface area contributed by atoms with Gasteiger partial charge in [-0.2, -0.15) is 5.10 Å². The first-order valence-corrected chi connectivity index (χ1v) is 7.71. The van der Waals surface area contributed by atoms with Gasteiger partial charge < -0.3 is 10.4 Å². The molecule has 0 fully saturated rings. The van der Waals surface area contributed by atoms with E-state index in [2.05, 4.69) is 10.4 Å². The minimum atomic E-state index is -1.07. The fraction of sp³-hybridized carbons (Fsp3) is 0.0625. The average molecular weight is 327 g/mol. The number of carbonyl (C=O) groups is 2. The number of nitrogens with zero attached hydrogens (tertiary/aromatic N) is 2. The number of carboxylic acids is 1. The second kappa shape index (κ2) is 6.45. The molecule has 0 unspecified atom stereocenters. The minimum absolute atomic E-state index is 0.0154. The van der Waals surface area contributed by atoms with Gasteiger partial charge in [0.15, 0.2) is 5.69 Å². The van der Waals surface area contributed by atoms with Gasteiger partial charge in [0.25, 0.3) is 0 Å². The molecule has 0 saturated carbocycles. The number of anilines is 1. The molecule has 3 aromatic rings. The number of rotatable bonds is 5. The monoisotopic (exact) mass is 327 g/mol. The van der Waals surface area contributed by atoms with Crippen molar-refractivity contribution >= 4 is 28.9 Å². The van der Waals surface area contributed by atoms with Gasteiger partial charge in [0, 0.05) is 16.8 Å². The van der Waals surface area contributed by atoms with Gasteiger partial charge in [-0.05, 0) is 41.8 Å². The summed E-state index contributed by atoms with van der Waals surface area (Å²) in [6, 6.07) is 12.3. The highest BCUT2D eigenvalue weighted by atomic mass is 32.1. The first kappa shape index (κ1) is 15.0. The highest BCUT2D eigenvalue weighted by Crippen LogP contribution is 2.15. The number of hydrogen-bond acceptors (Lipinski definition) is 4. The molecular formula is C16H13N3O3S. The Morgan fingerprint density at radius 3 is 2.57 bits per heavy atom. The summed E-state index contributed by atoms with van der Waals surface area (Å²) < 4.78 is 1.47. The summed E-state index contributed by atoms with van der Waals surface area (Å²) in [5.74, 6) is -1.14. The fourth-order valence-electron chi connectivity index (χ4n) is 2.06. The summed E-state index contributed by atoms with van der Waals surface area (Å²) in [6.07, 6.45) is 1.92. The van der Waals surface area contributed by atoms with Crippen molar-refractivity contribution in [3.8, 4) is 5.69 Å². The number of carboxylic acid groups (broad SMARTS) is 1. The molecular weight excluding hydrogens is 314 g/mol. The molecule has 0 radical (unpaired) electrons. The molecule has 2 N–H and O–H groups in total. The van der Waals surface area contributed by atoms with Crippen LogP contribution in [0.1, 0.15) is 15.4 Å². The van der Waals surface area contributed by atoms with Crippen LogP contribution in [0.15, 0.2) is 54.0 Å². The summed E-state index contributed by atoms with van der Waals surface area (Å²) in [6.45, 7) is 0. The molecule has 1 amide bonds. The van der Waals surface area contributed by atoms with Crippen molar-refractivity contribution in [2.24, 2.45) is 0 Å². The topological polar surface area (TPSA) is 84.2 Å². The average Bonchev–Trinajstić information content (AvgIpc) is 3.19. The minimum Gasteiger partial charge on any atom is -0.476 e. The standard InChI is InChI=1S/C16H13N3O3S/c20-15(10-13-2-1-9-23-13)17-11-3-5-12(6-4-11)19-8-7-14(18-19)16(21)22/h1-9H,10H2,(H,17,20)(H,21,22). The maximum atomic E-state index is 11.9. The molecule has 7 heteroatoms. The lowest BCUT2D eigenvalue weighted by molar-refractivity contribution is -0.115. The van der Waals surface area contributed by atoms with Gasteiger partial charge in [-0.3, -0.25) is 4.79 Å². The SMILES string of the molecule is O=C(Cc1cccs1)Nc1ccc(-n2ccc(C(=O)O)n2)cc1. The quantitative estimate of drug-likeness (QED) is 0.755. The third-order valence-electron chi connectivity index (χ3n) is 3.14. The number of nitrogens with one attached hydrogen (secondary N) is 1. The van der Waals surface area contributed by atoms with Gasteiger partial charge >= 0.3 is 5.97 Å². The van der Waals surface area contributed by atoms with Gasteiger partial charge in [0.1, 0.15) is 0 Å². The van der Waals surface area contributed by atoms with E-state index in [1.54, 1.807) is 41.8 Å². The van der Waals surface area contributed by atoms with Crippen LogP contribution in [0.4, 0.5) is 5.69 Å². The van der Waals surface area contributed by atoms with Crippen LogP contribution in [0.3, 0.4) is 0 Å². The normalized spacial score (nSPS) is 10.4. The van der Waals surface area contributed by atoms with E-state index in [0.29, 0.717) is 17.8 Å². The van der Waals surface area contributed by atoms with Gasteiger partial charge in [0.2, 0.25) is 5.91 Å². The van der Waals surface area contributed by atoms with Crippen LogP contribution in [-0.4, -0.2) is 26.8 Å². The molecule has 3 rings (SSSR count). The first-order valence-electron chi connectivity index (χ1n) is 6.83. The highest BCUT2D eigenvalue weighted by Gasteiger charge is 2.08. The number of aromatic carboxylic acids is 1. The first-order chi connectivity index (χ1) is 11.1. The molecule has 2 aromatic heterocycles. The molecule has 0 bridgehead atoms. The van der Waals surface area contributed by atoms with Crippen molar-refractivity contribution in [3.63, 3.8) is 0 Å². The summed E-state index contributed by atoms with van der Waals surface area (Å²) >= 11 is 1.55. The van der Waals surface area contributed by atoms with E-state index in [1.165, 1.54) is 10.7 Å². The van der Waals surface area contributed by atoms with E-state index in [4.69, 9.17) is 5.11 Å². The third kappa shape index (κ3) is 3.64. The Bertz CT molecular complexity index is 823. The summed E-state index contributed by atoms with van der Waals surface area (Å²) in [5, 5.41) is 17.6. The second-order valence-electron chi connectivity index (χ2n) is 4.80. The van der Waals surface area contributed by atoms with E-state index < -0.39 is 5.97 Å². The van der Waals surface area contributed by atoms with Crippen LogP contribution in [-0.2, 0) is 11.2 Å². The highest BCUT2D eigenvalue weighted by molar-refractivity contribution is 7.10. The Hall–Kier alpha value is -2.93. The molecule has 23 heavy (non-hydrogen) atoms. The molecule has 0 aliphatic heterocycles.